The highest BCUT2D eigenvalue weighted by Crippen LogP contribution is 2.47. The second kappa shape index (κ2) is 16.1. The molecule has 0 amide bonds. The maximum atomic E-state index is 14.6. The van der Waals surface area contributed by atoms with Crippen molar-refractivity contribution in [2.24, 2.45) is 0 Å². The summed E-state index contributed by atoms with van der Waals surface area (Å²) in [6.45, 7) is 0. The second-order valence-corrected chi connectivity index (χ2v) is 16.4. The van der Waals surface area contributed by atoms with Gasteiger partial charge in [0.2, 0.25) is 0 Å². The fourth-order valence-corrected chi connectivity index (χ4v) is 9.23. The van der Waals surface area contributed by atoms with E-state index in [4.69, 9.17) is 0 Å². The predicted octanol–water partition coefficient (Wildman–Crippen LogP) is 16.7. The van der Waals surface area contributed by atoms with Crippen molar-refractivity contribution in [1.82, 2.24) is 9.13 Å². The Morgan fingerprint density at radius 1 is 0.343 bits per heavy atom. The average Bonchev–Trinajstić information content (AvgIpc) is 3.84. The molecule has 0 saturated carbocycles. The minimum absolute atomic E-state index is 0.0158. The summed E-state index contributed by atoms with van der Waals surface area (Å²) >= 11 is 0. The summed E-state index contributed by atoms with van der Waals surface area (Å²) in [7, 11) is 0. The molecule has 10 rings (SSSR count). The first-order valence-electron chi connectivity index (χ1n) is 20.9. The Bertz CT molecular complexity index is 3870. The number of aromatic nitrogens is 2. The van der Waals surface area contributed by atoms with Gasteiger partial charge in [0, 0.05) is 27.1 Å². The zero-order valence-electron chi connectivity index (χ0n) is 35.3. The number of hydrogen-bond donors (Lipinski definition) is 0. The highest BCUT2D eigenvalue weighted by molar-refractivity contribution is 6.12. The largest absolute Gasteiger partial charge is 0.417 e. The van der Waals surface area contributed by atoms with Crippen molar-refractivity contribution in [3.63, 3.8) is 0 Å². The van der Waals surface area contributed by atoms with E-state index in [2.05, 4.69) is 12.1 Å². The lowest BCUT2D eigenvalue weighted by Crippen LogP contribution is -2.12. The third-order valence-electron chi connectivity index (χ3n) is 12.3. The van der Waals surface area contributed by atoms with Crippen molar-refractivity contribution < 1.29 is 52.7 Å². The first kappa shape index (κ1) is 45.3. The van der Waals surface area contributed by atoms with Crippen LogP contribution < -0.4 is 0 Å². The van der Waals surface area contributed by atoms with E-state index in [1.165, 1.54) is 36.4 Å². The van der Waals surface area contributed by atoms with E-state index < -0.39 is 58.1 Å². The number of nitrogens with zero attached hydrogens (tertiary/aromatic N) is 4. The summed E-state index contributed by atoms with van der Waals surface area (Å²) in [6.07, 6.45) is -20.5. The second-order valence-electron chi connectivity index (χ2n) is 16.4. The van der Waals surface area contributed by atoms with Crippen molar-refractivity contribution in [3.05, 3.63) is 191 Å². The van der Waals surface area contributed by atoms with Crippen molar-refractivity contribution >= 4 is 43.6 Å². The molecule has 4 nitrogen and oxygen atoms in total. The van der Waals surface area contributed by atoms with Crippen LogP contribution in [0.2, 0.25) is 0 Å². The van der Waals surface area contributed by atoms with Gasteiger partial charge < -0.3 is 9.13 Å². The molecular weight excluding hydrogens is 933 g/mol. The minimum atomic E-state index is -5.19. The predicted molar refractivity (Wildman–Crippen MR) is 241 cm³/mol. The van der Waals surface area contributed by atoms with Gasteiger partial charge in [0.05, 0.1) is 72.9 Å². The van der Waals surface area contributed by atoms with Gasteiger partial charge >= 0.3 is 24.7 Å². The van der Waals surface area contributed by atoms with Crippen LogP contribution in [0, 0.1) is 22.7 Å². The van der Waals surface area contributed by atoms with Crippen LogP contribution in [-0.2, 0) is 24.7 Å². The van der Waals surface area contributed by atoms with Crippen LogP contribution >= 0.6 is 0 Å². The van der Waals surface area contributed by atoms with Gasteiger partial charge in [-0.15, -0.1) is 0 Å². The molecule has 0 fully saturated rings. The van der Waals surface area contributed by atoms with Crippen molar-refractivity contribution in [2.45, 2.75) is 24.7 Å². The maximum absolute atomic E-state index is 14.6. The molecule has 0 spiro atoms. The third-order valence-corrected chi connectivity index (χ3v) is 12.3. The van der Waals surface area contributed by atoms with Crippen LogP contribution in [0.3, 0.4) is 0 Å². The number of halogens is 12. The lowest BCUT2D eigenvalue weighted by molar-refractivity contribution is -0.144. The number of nitriles is 2. The molecule has 0 N–H and O–H groups in total. The van der Waals surface area contributed by atoms with E-state index in [0.29, 0.717) is 61.4 Å². The van der Waals surface area contributed by atoms with Crippen LogP contribution in [0.25, 0.3) is 88.4 Å². The van der Waals surface area contributed by atoms with E-state index in [1.807, 2.05) is 0 Å². The molecule has 0 aliphatic heterocycles. The summed E-state index contributed by atoms with van der Waals surface area (Å²) in [4.78, 5) is 0. The van der Waals surface area contributed by atoms with Gasteiger partial charge in [-0.3, -0.25) is 0 Å². The van der Waals surface area contributed by atoms with E-state index in [0.717, 1.165) is 12.1 Å². The summed E-state index contributed by atoms with van der Waals surface area (Å²) in [5, 5.41) is 23.3. The Balaban J connectivity index is 1.28. The van der Waals surface area contributed by atoms with E-state index in [9.17, 15) is 63.2 Å². The van der Waals surface area contributed by atoms with Crippen molar-refractivity contribution in [1.29, 1.82) is 10.5 Å². The molecule has 8 aromatic carbocycles. The van der Waals surface area contributed by atoms with Gasteiger partial charge in [0.25, 0.3) is 0 Å². The number of fused-ring (bicyclic) bond motifs is 6. The molecule has 70 heavy (non-hydrogen) atoms. The molecule has 2 aromatic heterocycles. The lowest BCUT2D eigenvalue weighted by Gasteiger charge is -2.20. The van der Waals surface area contributed by atoms with E-state index >= 15 is 0 Å². The van der Waals surface area contributed by atoms with Crippen molar-refractivity contribution in [2.75, 3.05) is 0 Å². The van der Waals surface area contributed by atoms with Gasteiger partial charge in [0.15, 0.2) is 0 Å². The minimum Gasteiger partial charge on any atom is -0.309 e. The lowest BCUT2D eigenvalue weighted by atomic mass is 9.95. The summed E-state index contributed by atoms with van der Waals surface area (Å²) < 4.78 is 173. The highest BCUT2D eigenvalue weighted by atomic mass is 19.4. The molecule has 0 radical (unpaired) electrons. The number of alkyl halides is 12. The maximum Gasteiger partial charge on any atom is 0.417 e. The van der Waals surface area contributed by atoms with Crippen molar-refractivity contribution in [3.8, 4) is 56.9 Å². The van der Waals surface area contributed by atoms with Gasteiger partial charge in [-0.05, 0) is 101 Å². The quantitative estimate of drug-likeness (QED) is 0.161. The summed E-state index contributed by atoms with van der Waals surface area (Å²) in [6, 6.07) is 39.1. The van der Waals surface area contributed by atoms with Gasteiger partial charge in [-0.1, -0.05) is 84.9 Å². The third kappa shape index (κ3) is 7.62. The standard InChI is InChI=1S/C54H26F12N4/c55-51(56,57)34-14-18-36(43(24-34)53(61,62)63)31-12-16-40-38-8-1-3-10-45(38)69(48(40)21-31)47-26-42(30-7-5-6-29(20-30)27-67)50(23-33(47)28-68)70-46-11-4-2-9-39(46)41-17-13-32(22-49(41)70)37-19-15-35(52(58,59)60)25-44(37)54(64,65)66/h1-26H. The molecule has 0 unspecified atom stereocenters. The van der Waals surface area contributed by atoms with E-state index in [1.54, 1.807) is 94.1 Å². The van der Waals surface area contributed by atoms with Gasteiger partial charge in [-0.2, -0.15) is 63.2 Å². The summed E-state index contributed by atoms with van der Waals surface area (Å²) in [5.41, 5.74) is -4.24. The molecule has 10 aromatic rings. The molecule has 0 saturated heterocycles. The summed E-state index contributed by atoms with van der Waals surface area (Å²) in [5.74, 6) is 0. The Hall–Kier alpha value is -8.50. The van der Waals surface area contributed by atoms with Crippen LogP contribution in [0.1, 0.15) is 33.4 Å². The molecule has 2 heterocycles. The fourth-order valence-electron chi connectivity index (χ4n) is 9.23. The van der Waals surface area contributed by atoms with Gasteiger partial charge in [0.1, 0.15) is 6.07 Å². The monoisotopic (exact) mass is 958 g/mol. The van der Waals surface area contributed by atoms with Crippen LogP contribution in [0.15, 0.2) is 158 Å². The van der Waals surface area contributed by atoms with Crippen LogP contribution in [0.5, 0.6) is 0 Å². The molecule has 0 atom stereocenters. The van der Waals surface area contributed by atoms with Crippen LogP contribution in [-0.4, -0.2) is 9.13 Å². The molecular formula is C54H26F12N4. The fraction of sp³-hybridized carbons (Fsp3) is 0.0741. The highest BCUT2D eigenvalue weighted by Gasteiger charge is 2.40. The smallest absolute Gasteiger partial charge is 0.309 e. The van der Waals surface area contributed by atoms with Gasteiger partial charge in [-0.25, -0.2) is 0 Å². The Kier molecular flexibility index (Phi) is 10.4. The molecule has 16 heteroatoms. The Morgan fingerprint density at radius 3 is 1.26 bits per heavy atom. The number of benzene rings is 8. The molecule has 0 aliphatic rings. The normalized spacial score (nSPS) is 12.5. The first-order chi connectivity index (χ1) is 33.1. The molecule has 0 aliphatic carbocycles. The van der Waals surface area contributed by atoms with Crippen LogP contribution in [0.4, 0.5) is 52.7 Å². The Morgan fingerprint density at radius 2 is 0.800 bits per heavy atom. The number of hydrogen-bond acceptors (Lipinski definition) is 2. The topological polar surface area (TPSA) is 57.4 Å². The molecule has 346 valence electrons. The average molecular weight is 959 g/mol. The SMILES string of the molecule is N#Cc1cccc(-c2cc(-n3c4ccccc4c4ccc(-c5ccc(C(F)(F)F)cc5C(F)(F)F)cc43)c(C#N)cc2-n2c3ccccc3c3ccc(-c4ccc(C(F)(F)F)cc4C(F)(F)F)cc32)c1. The number of para-hydroxylation sites is 2. The molecule has 0 bridgehead atoms. The Labute approximate surface area is 387 Å². The van der Waals surface area contributed by atoms with E-state index in [-0.39, 0.29) is 51.3 Å². The zero-order chi connectivity index (χ0) is 49.7. The number of rotatable bonds is 5. The zero-order valence-corrected chi connectivity index (χ0v) is 35.3. The first-order valence-corrected chi connectivity index (χ1v) is 20.9.